The summed E-state index contributed by atoms with van der Waals surface area (Å²) < 4.78 is 0. The molecule has 0 radical (unpaired) electrons. The Morgan fingerprint density at radius 2 is 0.591 bits per heavy atom. The van der Waals surface area contributed by atoms with Gasteiger partial charge in [-0.05, 0) is 0 Å². The first kappa shape index (κ1) is 37.1. The average Bonchev–Trinajstić information content (AvgIpc) is 2.40. The molecule has 0 spiro atoms. The van der Waals surface area contributed by atoms with E-state index in [2.05, 4.69) is 0 Å². The molecule has 0 heterocycles. The molecule has 0 unspecified atom stereocenters. The summed E-state index contributed by atoms with van der Waals surface area (Å²) in [6.45, 7) is -3.56. The maximum Gasteiger partial charge on any atom is 4.00 e. The van der Waals surface area contributed by atoms with Gasteiger partial charge in [-0.25, -0.2) is 0 Å². The Kier molecular flexibility index (Phi) is 53.6. The minimum absolute atomic E-state index is 0. The van der Waals surface area contributed by atoms with Gasteiger partial charge < -0.3 is 66.2 Å². The number of aliphatic carboxylic acids is 4. The molecule has 13 nitrogen and oxygen atoms in total. The summed E-state index contributed by atoms with van der Waals surface area (Å²) in [5.74, 6) is -5.76. The molecule has 0 saturated carbocycles. The molecule has 0 rings (SSSR count). The first-order valence-corrected chi connectivity index (χ1v) is 4.31. The molecule has 0 atom stereocenters. The van der Waals surface area contributed by atoms with Gasteiger partial charge in [0.05, 0.1) is 50.3 Å². The SMILES string of the molecule is N.O=C([O-])CO.O=C([O-])CO.O=C([O-])CO.O=C([O-])CO.[Zr+4]. The van der Waals surface area contributed by atoms with Crippen LogP contribution in [-0.4, -0.2) is 70.7 Å². The van der Waals surface area contributed by atoms with Crippen LogP contribution in [0.1, 0.15) is 0 Å². The molecule has 0 aliphatic rings. The van der Waals surface area contributed by atoms with Crippen LogP contribution in [0.25, 0.3) is 0 Å². The summed E-state index contributed by atoms with van der Waals surface area (Å²) in [5.41, 5.74) is 0. The van der Waals surface area contributed by atoms with Crippen LogP contribution in [0.4, 0.5) is 0 Å². The maximum atomic E-state index is 9.01. The smallest absolute Gasteiger partial charge is 0.548 e. The zero-order valence-electron chi connectivity index (χ0n) is 11.1. The van der Waals surface area contributed by atoms with Crippen LogP contribution in [0, 0.1) is 0 Å². The summed E-state index contributed by atoms with van der Waals surface area (Å²) in [4.78, 5) is 36.0. The van der Waals surface area contributed by atoms with Crippen molar-refractivity contribution < 1.29 is 86.2 Å². The van der Waals surface area contributed by atoms with Gasteiger partial charge in [0.2, 0.25) is 0 Å². The van der Waals surface area contributed by atoms with Crippen molar-refractivity contribution in [3.8, 4) is 0 Å². The van der Waals surface area contributed by atoms with Gasteiger partial charge >= 0.3 is 26.2 Å². The molecule has 0 amide bonds. The van der Waals surface area contributed by atoms with E-state index in [1.165, 1.54) is 0 Å². The number of carbonyl (C=O) groups is 4. The zero-order valence-corrected chi connectivity index (χ0v) is 13.5. The number of rotatable bonds is 4. The molecule has 0 saturated heterocycles. The van der Waals surface area contributed by atoms with E-state index in [0.717, 1.165) is 0 Å². The molecule has 0 aromatic carbocycles. The first-order valence-electron chi connectivity index (χ1n) is 4.31. The Bertz CT molecular complexity index is 228. The van der Waals surface area contributed by atoms with Crippen molar-refractivity contribution in [3.05, 3.63) is 0 Å². The molecule has 0 fully saturated rings. The van der Waals surface area contributed by atoms with Crippen molar-refractivity contribution in [2.24, 2.45) is 0 Å². The Labute approximate surface area is 143 Å². The topological polar surface area (TPSA) is 276 Å². The molecule has 14 heteroatoms. The third kappa shape index (κ3) is 133. The Balaban J connectivity index is -0.0000000376. The van der Waals surface area contributed by atoms with Crippen LogP contribution in [0.5, 0.6) is 0 Å². The minimum Gasteiger partial charge on any atom is -0.548 e. The molecular weight excluding hydrogens is 393 g/mol. The maximum absolute atomic E-state index is 9.01. The van der Waals surface area contributed by atoms with Gasteiger partial charge in [-0.1, -0.05) is 0 Å². The second-order valence-electron chi connectivity index (χ2n) is 2.12. The Morgan fingerprint density at radius 1 is 0.545 bits per heavy atom. The van der Waals surface area contributed by atoms with Crippen molar-refractivity contribution in [2.75, 3.05) is 26.4 Å². The van der Waals surface area contributed by atoms with E-state index >= 15 is 0 Å². The minimum atomic E-state index is -1.44. The number of hydrogen-bond acceptors (Lipinski definition) is 13. The molecular formula is C8H15NO12Zr. The van der Waals surface area contributed by atoms with E-state index < -0.39 is 50.3 Å². The van der Waals surface area contributed by atoms with E-state index in [0.29, 0.717) is 0 Å². The van der Waals surface area contributed by atoms with Crippen molar-refractivity contribution in [2.45, 2.75) is 0 Å². The third-order valence-electron chi connectivity index (χ3n) is 0.516. The summed E-state index contributed by atoms with van der Waals surface area (Å²) >= 11 is 0. The quantitative estimate of drug-likeness (QED) is 0.289. The van der Waals surface area contributed by atoms with E-state index in [1.54, 1.807) is 0 Å². The molecule has 7 N–H and O–H groups in total. The van der Waals surface area contributed by atoms with Gasteiger partial charge in [-0.3, -0.25) is 0 Å². The standard InChI is InChI=1S/4C2H4O3.H3N.Zr/c4*3-1-2(4)5;;/h4*3H,1H2,(H,4,5);1H3;/q;;;;;+4/p-4. The molecule has 0 aromatic heterocycles. The number of carbonyl (C=O) groups excluding carboxylic acids is 4. The van der Waals surface area contributed by atoms with Gasteiger partial charge in [0.15, 0.2) is 0 Å². The molecule has 0 bridgehead atoms. The first-order chi connectivity index (χ1) is 9.08. The second-order valence-corrected chi connectivity index (χ2v) is 2.12. The fourth-order valence-corrected chi connectivity index (χ4v) is 0. The summed E-state index contributed by atoms with van der Waals surface area (Å²) in [5, 5.41) is 66.0. The van der Waals surface area contributed by atoms with Gasteiger partial charge in [-0.15, -0.1) is 0 Å². The molecule has 22 heavy (non-hydrogen) atoms. The summed E-state index contributed by atoms with van der Waals surface area (Å²) in [7, 11) is 0. The second kappa shape index (κ2) is 31.8. The fraction of sp³-hybridized carbons (Fsp3) is 0.500. The predicted molar refractivity (Wildman–Crippen MR) is 53.4 cm³/mol. The van der Waals surface area contributed by atoms with Gasteiger partial charge in [0.25, 0.3) is 0 Å². The van der Waals surface area contributed by atoms with E-state index in [4.69, 9.17) is 60.0 Å². The number of carboxylic acids is 4. The number of aliphatic hydroxyl groups excluding tert-OH is 4. The van der Waals surface area contributed by atoms with E-state index in [-0.39, 0.29) is 32.4 Å². The van der Waals surface area contributed by atoms with Crippen LogP contribution in [0.3, 0.4) is 0 Å². The number of hydrogen-bond donors (Lipinski definition) is 5. The van der Waals surface area contributed by atoms with E-state index in [1.807, 2.05) is 0 Å². The van der Waals surface area contributed by atoms with Gasteiger partial charge in [-0.2, -0.15) is 0 Å². The zero-order chi connectivity index (χ0) is 17.1. The summed E-state index contributed by atoms with van der Waals surface area (Å²) in [6, 6.07) is 0. The average molecular weight is 408 g/mol. The van der Waals surface area contributed by atoms with Crippen LogP contribution in [0.15, 0.2) is 0 Å². The van der Waals surface area contributed by atoms with Crippen molar-refractivity contribution in [1.82, 2.24) is 6.15 Å². The predicted octanol–water partition coefficient (Wildman–Crippen LogP) is -8.93. The number of aliphatic hydroxyl groups is 4. The molecule has 128 valence electrons. The van der Waals surface area contributed by atoms with Crippen molar-refractivity contribution >= 4 is 23.9 Å². The van der Waals surface area contributed by atoms with Crippen LogP contribution >= 0.6 is 0 Å². The molecule has 0 aliphatic heterocycles. The third-order valence-corrected chi connectivity index (χ3v) is 0.516. The van der Waals surface area contributed by atoms with Gasteiger partial charge in [0.1, 0.15) is 0 Å². The summed E-state index contributed by atoms with van der Waals surface area (Å²) in [6.07, 6.45) is 0. The van der Waals surface area contributed by atoms with Crippen LogP contribution in [0.2, 0.25) is 0 Å². The molecule has 0 aliphatic carbocycles. The largest absolute Gasteiger partial charge is 4.00 e. The van der Waals surface area contributed by atoms with E-state index in [9.17, 15) is 0 Å². The number of carboxylic acid groups (broad SMARTS) is 4. The van der Waals surface area contributed by atoms with Gasteiger partial charge in [0, 0.05) is 0 Å². The Hall–Kier alpha value is -1.44. The normalized spacial score (nSPS) is 6.73. The van der Waals surface area contributed by atoms with Crippen molar-refractivity contribution in [1.29, 1.82) is 0 Å². The Morgan fingerprint density at radius 3 is 0.591 bits per heavy atom. The molecule has 0 aromatic rings. The van der Waals surface area contributed by atoms with Crippen LogP contribution in [-0.2, 0) is 45.4 Å². The van der Waals surface area contributed by atoms with Crippen molar-refractivity contribution in [3.63, 3.8) is 0 Å². The fourth-order valence-electron chi connectivity index (χ4n) is 0. The van der Waals surface area contributed by atoms with Crippen LogP contribution < -0.4 is 26.6 Å². The monoisotopic (exact) mass is 407 g/mol.